The first kappa shape index (κ1) is 19.4. The van der Waals surface area contributed by atoms with E-state index >= 15 is 0 Å². The molecule has 0 saturated carbocycles. The van der Waals surface area contributed by atoms with Gasteiger partial charge in [0.2, 0.25) is 0 Å². The summed E-state index contributed by atoms with van der Waals surface area (Å²) < 4.78 is 0. The van der Waals surface area contributed by atoms with Crippen molar-refractivity contribution in [3.63, 3.8) is 0 Å². The van der Waals surface area contributed by atoms with Crippen LogP contribution in [0.2, 0.25) is 10.6 Å². The molecule has 2 unspecified atom stereocenters. The molecule has 0 aliphatic heterocycles. The molecule has 0 aromatic carbocycles. The number of unbranched alkanes of at least 4 members (excludes halogenated alkanes) is 2. The summed E-state index contributed by atoms with van der Waals surface area (Å²) in [4.78, 5) is 1.35. The van der Waals surface area contributed by atoms with Gasteiger partial charge in [0, 0.05) is 0 Å². The Kier molecular flexibility index (Phi) is 12.7. The van der Waals surface area contributed by atoms with Gasteiger partial charge in [-0.3, -0.25) is 0 Å². The van der Waals surface area contributed by atoms with Gasteiger partial charge in [-0.1, -0.05) is 0 Å². The Hall–Kier alpha value is 2.44. The number of halogens is 4. The Labute approximate surface area is 140 Å². The molecule has 0 radical (unpaired) electrons. The molecule has 0 saturated heterocycles. The monoisotopic (exact) mass is 564 g/mol. The van der Waals surface area contributed by atoms with Crippen molar-refractivity contribution in [3.05, 3.63) is 0 Å². The molecular weight excluding hydrogens is 543 g/mol. The van der Waals surface area contributed by atoms with E-state index in [0.717, 1.165) is 0 Å². The van der Waals surface area contributed by atoms with Crippen molar-refractivity contribution < 1.29 is 0 Å². The molecule has 5 heteroatoms. The predicted octanol–water partition coefficient (Wildman–Crippen LogP) is 7.13. The molecule has 0 aromatic rings. The Balaban J connectivity index is 3.91. The summed E-state index contributed by atoms with van der Waals surface area (Å²) in [5, 5.41) is 2.56. The van der Waals surface area contributed by atoms with Crippen LogP contribution in [0.25, 0.3) is 0 Å². The average Bonchev–Trinajstić information content (AvgIpc) is 2.22. The summed E-state index contributed by atoms with van der Waals surface area (Å²) in [5.41, 5.74) is 0. The molecule has 0 aromatic heterocycles. The standard InChI is InChI=1S/C12H24Br4Se/c1-3-5-7-11(13)9-17(15,16)10-12(14)8-6-4-2/h11-12H,3-10H2,1-2H3. The van der Waals surface area contributed by atoms with E-state index in [1.807, 2.05) is 0 Å². The van der Waals surface area contributed by atoms with Crippen molar-refractivity contribution in [2.45, 2.75) is 72.7 Å². The van der Waals surface area contributed by atoms with E-state index in [2.05, 4.69) is 73.9 Å². The second-order valence-electron chi connectivity index (χ2n) is 4.51. The Morgan fingerprint density at radius 1 is 0.824 bits per heavy atom. The van der Waals surface area contributed by atoms with Gasteiger partial charge in [0.05, 0.1) is 0 Å². The Bertz CT molecular complexity index is 169. The molecule has 0 N–H and O–H groups in total. The fourth-order valence-electron chi connectivity index (χ4n) is 1.62. The summed E-state index contributed by atoms with van der Waals surface area (Å²) in [7, 11) is -1.58. The van der Waals surface area contributed by atoms with Crippen LogP contribution in [0.1, 0.15) is 52.4 Å². The second kappa shape index (κ2) is 11.1. The summed E-state index contributed by atoms with van der Waals surface area (Å²) in [6, 6.07) is 0. The van der Waals surface area contributed by atoms with E-state index in [1.165, 1.54) is 49.2 Å². The molecule has 17 heavy (non-hydrogen) atoms. The number of rotatable bonds is 10. The third-order valence-electron chi connectivity index (χ3n) is 2.59. The van der Waals surface area contributed by atoms with Crippen molar-refractivity contribution in [1.82, 2.24) is 0 Å². The van der Waals surface area contributed by atoms with E-state index in [9.17, 15) is 0 Å². The average molecular weight is 567 g/mol. The first-order valence-electron chi connectivity index (χ1n) is 6.37. The van der Waals surface area contributed by atoms with Crippen molar-refractivity contribution in [2.75, 3.05) is 0 Å². The van der Waals surface area contributed by atoms with Crippen LogP contribution in [0, 0.1) is 0 Å². The van der Waals surface area contributed by atoms with E-state index in [4.69, 9.17) is 0 Å². The third kappa shape index (κ3) is 11.9. The third-order valence-corrected chi connectivity index (χ3v) is 15.3. The zero-order chi connectivity index (χ0) is 13.3. The molecule has 2 atom stereocenters. The van der Waals surface area contributed by atoms with Crippen LogP contribution >= 0.6 is 60.1 Å². The first-order valence-corrected chi connectivity index (χ1v) is 18.6. The van der Waals surface area contributed by atoms with Crippen molar-refractivity contribution in [2.24, 2.45) is 0 Å². The predicted molar refractivity (Wildman–Crippen MR) is 97.7 cm³/mol. The molecule has 0 aliphatic carbocycles. The second-order valence-corrected chi connectivity index (χ2v) is 28.8. The number of hydrogen-bond acceptors (Lipinski definition) is 0. The van der Waals surface area contributed by atoms with Gasteiger partial charge in [-0.15, -0.1) is 0 Å². The van der Waals surface area contributed by atoms with Crippen LogP contribution in [-0.2, 0) is 0 Å². The number of alkyl halides is 2. The molecule has 0 rings (SSSR count). The SMILES string of the molecule is CCCCC(Br)C[Se](Br)(Br)CC(Br)CCCC. The number of hydrogen-bond donors (Lipinski definition) is 0. The minimum absolute atomic E-state index is 0.673. The molecule has 106 valence electrons. The van der Waals surface area contributed by atoms with Gasteiger partial charge in [0.1, 0.15) is 0 Å². The molecule has 0 aliphatic rings. The van der Waals surface area contributed by atoms with E-state index in [-0.39, 0.29) is 0 Å². The fraction of sp³-hybridized carbons (Fsp3) is 1.00. The van der Waals surface area contributed by atoms with Crippen LogP contribution in [0.4, 0.5) is 0 Å². The van der Waals surface area contributed by atoms with Gasteiger partial charge >= 0.3 is 142 Å². The summed E-state index contributed by atoms with van der Waals surface area (Å²) in [6.07, 6.45) is 7.85. The van der Waals surface area contributed by atoms with Crippen molar-refractivity contribution in [1.29, 1.82) is 0 Å². The topological polar surface area (TPSA) is 0 Å². The van der Waals surface area contributed by atoms with Crippen LogP contribution in [0.5, 0.6) is 0 Å². The molecule has 0 bridgehead atoms. The van der Waals surface area contributed by atoms with Gasteiger partial charge in [-0.25, -0.2) is 0 Å². The summed E-state index contributed by atoms with van der Waals surface area (Å²) in [5.74, 6) is 0. The fourth-order valence-corrected chi connectivity index (χ4v) is 24.2. The minimum atomic E-state index is -1.58. The van der Waals surface area contributed by atoms with Gasteiger partial charge in [0.25, 0.3) is 0 Å². The quantitative estimate of drug-likeness (QED) is 0.195. The maximum atomic E-state index is 3.98. The van der Waals surface area contributed by atoms with Crippen LogP contribution in [-0.4, -0.2) is 18.9 Å². The maximum absolute atomic E-state index is 3.98. The van der Waals surface area contributed by atoms with E-state index in [1.54, 1.807) is 0 Å². The summed E-state index contributed by atoms with van der Waals surface area (Å²) in [6.45, 7) is 4.51. The van der Waals surface area contributed by atoms with Crippen molar-refractivity contribution >= 4 is 69.3 Å². The molecule has 0 amide bonds. The van der Waals surface area contributed by atoms with Crippen LogP contribution < -0.4 is 0 Å². The molecule has 0 heterocycles. The summed E-state index contributed by atoms with van der Waals surface area (Å²) >= 11 is 15.6. The van der Waals surface area contributed by atoms with Gasteiger partial charge in [-0.2, -0.15) is 0 Å². The Morgan fingerprint density at radius 2 is 1.18 bits per heavy atom. The van der Waals surface area contributed by atoms with E-state index < -0.39 is 9.23 Å². The first-order chi connectivity index (χ1) is 7.91. The zero-order valence-electron chi connectivity index (χ0n) is 10.7. The Morgan fingerprint density at radius 3 is 1.47 bits per heavy atom. The normalized spacial score (nSPS) is 16.8. The zero-order valence-corrected chi connectivity index (χ0v) is 18.8. The van der Waals surface area contributed by atoms with Gasteiger partial charge in [0.15, 0.2) is 0 Å². The van der Waals surface area contributed by atoms with Crippen LogP contribution in [0.3, 0.4) is 0 Å². The van der Waals surface area contributed by atoms with Gasteiger partial charge < -0.3 is 0 Å². The van der Waals surface area contributed by atoms with Crippen LogP contribution in [0.15, 0.2) is 0 Å². The van der Waals surface area contributed by atoms with Crippen molar-refractivity contribution in [3.8, 4) is 0 Å². The van der Waals surface area contributed by atoms with E-state index in [0.29, 0.717) is 9.65 Å². The van der Waals surface area contributed by atoms with Gasteiger partial charge in [-0.05, 0) is 0 Å². The molecule has 0 nitrogen and oxygen atoms in total. The molecule has 0 fully saturated rings. The molecular formula is C12H24Br4Se. The molecule has 0 spiro atoms.